The van der Waals surface area contributed by atoms with E-state index in [4.69, 9.17) is 0 Å². The number of hydrogen-bond donors (Lipinski definition) is 1. The van der Waals surface area contributed by atoms with Crippen LogP contribution in [-0.2, 0) is 10.0 Å². The van der Waals surface area contributed by atoms with Gasteiger partial charge < -0.3 is 0 Å². The molecule has 0 fully saturated rings. The molecule has 6 heteroatoms. The summed E-state index contributed by atoms with van der Waals surface area (Å²) >= 11 is 4.99. The zero-order valence-corrected chi connectivity index (χ0v) is 14.5. The Labute approximate surface area is 138 Å². The van der Waals surface area contributed by atoms with E-state index >= 15 is 0 Å². The van der Waals surface area contributed by atoms with Gasteiger partial charge in [-0.15, -0.1) is 11.8 Å². The van der Waals surface area contributed by atoms with Crippen LogP contribution in [0.15, 0.2) is 68.9 Å². The van der Waals surface area contributed by atoms with E-state index < -0.39 is 10.0 Å². The molecule has 2 aromatic rings. The van der Waals surface area contributed by atoms with Gasteiger partial charge in [-0.2, -0.15) is 0 Å². The molecule has 0 aliphatic rings. The van der Waals surface area contributed by atoms with E-state index in [1.54, 1.807) is 36.0 Å². The van der Waals surface area contributed by atoms with Crippen molar-refractivity contribution in [3.05, 3.63) is 59.1 Å². The molecule has 2 rings (SSSR count). The maximum Gasteiger partial charge on any atom is 0.241 e. The molecular formula is C15H16BrNO2S2. The summed E-state index contributed by atoms with van der Waals surface area (Å²) in [5, 5.41) is 0. The van der Waals surface area contributed by atoms with Gasteiger partial charge in [-0.1, -0.05) is 30.3 Å². The summed E-state index contributed by atoms with van der Waals surface area (Å²) in [6.45, 7) is 0.434. The number of thioether (sulfide) groups is 1. The smallest absolute Gasteiger partial charge is 0.211 e. The van der Waals surface area contributed by atoms with Crippen LogP contribution in [0.25, 0.3) is 0 Å². The van der Waals surface area contributed by atoms with Crippen molar-refractivity contribution in [2.24, 2.45) is 0 Å². The first-order valence-electron chi connectivity index (χ1n) is 6.51. The Kier molecular flexibility index (Phi) is 6.29. The number of halogens is 1. The van der Waals surface area contributed by atoms with Crippen LogP contribution in [0.4, 0.5) is 0 Å². The SMILES string of the molecule is O=S(=O)(NCCCSc1ccccc1)c1ccccc1Br. The molecule has 0 amide bonds. The minimum atomic E-state index is -3.44. The Hall–Kier alpha value is -0.820. The molecule has 0 spiro atoms. The molecule has 0 aromatic heterocycles. The van der Waals surface area contributed by atoms with Gasteiger partial charge in [0.2, 0.25) is 10.0 Å². The van der Waals surface area contributed by atoms with Crippen LogP contribution < -0.4 is 4.72 Å². The molecule has 0 bridgehead atoms. The average molecular weight is 386 g/mol. The quantitative estimate of drug-likeness (QED) is 0.580. The fourth-order valence-electron chi connectivity index (χ4n) is 1.73. The first-order valence-corrected chi connectivity index (χ1v) is 9.78. The van der Waals surface area contributed by atoms with E-state index in [1.807, 2.05) is 18.2 Å². The lowest BCUT2D eigenvalue weighted by Crippen LogP contribution is -2.25. The summed E-state index contributed by atoms with van der Waals surface area (Å²) in [6, 6.07) is 16.9. The van der Waals surface area contributed by atoms with E-state index in [0.29, 0.717) is 11.0 Å². The molecule has 1 N–H and O–H groups in total. The monoisotopic (exact) mass is 385 g/mol. The number of benzene rings is 2. The predicted octanol–water partition coefficient (Wildman–Crippen LogP) is 3.91. The van der Waals surface area contributed by atoms with E-state index in [9.17, 15) is 8.42 Å². The summed E-state index contributed by atoms with van der Waals surface area (Å²) in [5.41, 5.74) is 0. The van der Waals surface area contributed by atoms with Gasteiger partial charge >= 0.3 is 0 Å². The zero-order valence-electron chi connectivity index (χ0n) is 11.3. The van der Waals surface area contributed by atoms with Gasteiger partial charge in [0.15, 0.2) is 0 Å². The molecule has 0 aliphatic heterocycles. The number of hydrogen-bond acceptors (Lipinski definition) is 3. The standard InChI is InChI=1S/C15H16BrNO2S2/c16-14-9-4-5-10-15(14)21(18,19)17-11-6-12-20-13-7-2-1-3-8-13/h1-5,7-10,17H,6,11-12H2. The lowest BCUT2D eigenvalue weighted by atomic mass is 10.4. The minimum absolute atomic E-state index is 0.278. The van der Waals surface area contributed by atoms with Crippen LogP contribution in [0.2, 0.25) is 0 Å². The topological polar surface area (TPSA) is 46.2 Å². The van der Waals surface area contributed by atoms with Gasteiger partial charge in [0.1, 0.15) is 0 Å². The second-order valence-corrected chi connectivity index (χ2v) is 8.10. The molecule has 0 saturated carbocycles. The van der Waals surface area contributed by atoms with E-state index in [1.165, 1.54) is 4.90 Å². The van der Waals surface area contributed by atoms with Crippen LogP contribution in [0.1, 0.15) is 6.42 Å². The van der Waals surface area contributed by atoms with Crippen molar-refractivity contribution in [1.29, 1.82) is 0 Å². The maximum absolute atomic E-state index is 12.1. The van der Waals surface area contributed by atoms with Crippen molar-refractivity contribution in [3.63, 3.8) is 0 Å². The largest absolute Gasteiger partial charge is 0.241 e. The molecular weight excluding hydrogens is 370 g/mol. The van der Waals surface area contributed by atoms with Crippen molar-refractivity contribution in [1.82, 2.24) is 4.72 Å². The fourth-order valence-corrected chi connectivity index (χ4v) is 4.67. The lowest BCUT2D eigenvalue weighted by Gasteiger charge is -2.08. The third-order valence-electron chi connectivity index (χ3n) is 2.75. The van der Waals surface area contributed by atoms with Gasteiger partial charge in [-0.3, -0.25) is 0 Å². The van der Waals surface area contributed by atoms with Gasteiger partial charge in [-0.25, -0.2) is 13.1 Å². The second kappa shape index (κ2) is 7.98. The minimum Gasteiger partial charge on any atom is -0.211 e. The van der Waals surface area contributed by atoms with Crippen LogP contribution >= 0.6 is 27.7 Å². The van der Waals surface area contributed by atoms with Crippen LogP contribution in [-0.4, -0.2) is 20.7 Å². The molecule has 2 aromatic carbocycles. The normalized spacial score (nSPS) is 11.5. The molecule has 112 valence electrons. The molecule has 21 heavy (non-hydrogen) atoms. The van der Waals surface area contributed by atoms with Crippen molar-refractivity contribution in [3.8, 4) is 0 Å². The summed E-state index contributed by atoms with van der Waals surface area (Å²) in [5.74, 6) is 0.877. The summed E-state index contributed by atoms with van der Waals surface area (Å²) < 4.78 is 27.5. The Morgan fingerprint density at radius 3 is 2.38 bits per heavy atom. The first kappa shape index (κ1) is 16.5. The Bertz CT molecular complexity index is 675. The summed E-state index contributed by atoms with van der Waals surface area (Å²) in [6.07, 6.45) is 0.781. The van der Waals surface area contributed by atoms with Gasteiger partial charge in [0, 0.05) is 15.9 Å². The third-order valence-corrected chi connectivity index (χ3v) is 6.32. The molecule has 0 unspecified atom stereocenters. The number of rotatable bonds is 7. The summed E-state index contributed by atoms with van der Waals surface area (Å²) in [4.78, 5) is 1.48. The number of sulfonamides is 1. The van der Waals surface area contributed by atoms with Crippen molar-refractivity contribution in [2.45, 2.75) is 16.2 Å². The second-order valence-electron chi connectivity index (χ2n) is 4.34. The maximum atomic E-state index is 12.1. The molecule has 3 nitrogen and oxygen atoms in total. The van der Waals surface area contributed by atoms with E-state index in [2.05, 4.69) is 32.8 Å². The Morgan fingerprint density at radius 2 is 1.67 bits per heavy atom. The van der Waals surface area contributed by atoms with Crippen molar-refractivity contribution in [2.75, 3.05) is 12.3 Å². The fraction of sp³-hybridized carbons (Fsp3) is 0.200. The first-order chi connectivity index (χ1) is 10.1. The third kappa shape index (κ3) is 5.14. The van der Waals surface area contributed by atoms with Crippen molar-refractivity contribution >= 4 is 37.7 Å². The van der Waals surface area contributed by atoms with Gasteiger partial charge in [-0.05, 0) is 52.4 Å². The van der Waals surface area contributed by atoms with Crippen LogP contribution in [0.3, 0.4) is 0 Å². The van der Waals surface area contributed by atoms with E-state index in [0.717, 1.165) is 12.2 Å². The Morgan fingerprint density at radius 1 is 1.00 bits per heavy atom. The highest BCUT2D eigenvalue weighted by Crippen LogP contribution is 2.21. The highest BCUT2D eigenvalue weighted by atomic mass is 79.9. The average Bonchev–Trinajstić information content (AvgIpc) is 2.48. The zero-order chi connectivity index (χ0) is 15.1. The molecule has 0 saturated heterocycles. The van der Waals surface area contributed by atoms with Gasteiger partial charge in [0.05, 0.1) is 4.90 Å². The van der Waals surface area contributed by atoms with Crippen LogP contribution in [0.5, 0.6) is 0 Å². The van der Waals surface area contributed by atoms with Crippen LogP contribution in [0, 0.1) is 0 Å². The van der Waals surface area contributed by atoms with Gasteiger partial charge in [0.25, 0.3) is 0 Å². The molecule has 0 heterocycles. The van der Waals surface area contributed by atoms with E-state index in [-0.39, 0.29) is 4.90 Å². The highest BCUT2D eigenvalue weighted by Gasteiger charge is 2.15. The highest BCUT2D eigenvalue weighted by molar-refractivity contribution is 9.10. The molecule has 0 aliphatic carbocycles. The van der Waals surface area contributed by atoms with Crippen molar-refractivity contribution < 1.29 is 8.42 Å². The predicted molar refractivity (Wildman–Crippen MR) is 91.1 cm³/mol. The summed E-state index contributed by atoms with van der Waals surface area (Å²) in [7, 11) is -3.44. The number of nitrogens with one attached hydrogen (secondary N) is 1. The Balaban J connectivity index is 1.79. The molecule has 0 radical (unpaired) electrons. The molecule has 0 atom stereocenters. The lowest BCUT2D eigenvalue weighted by molar-refractivity contribution is 0.580.